The second-order valence-electron chi connectivity index (χ2n) is 6.18. The topological polar surface area (TPSA) is 42.1 Å². The van der Waals surface area contributed by atoms with Crippen LogP contribution in [0, 0.1) is 5.92 Å². The Morgan fingerprint density at radius 1 is 1.21 bits per heavy atom. The third-order valence-electron chi connectivity index (χ3n) is 4.81. The van der Waals surface area contributed by atoms with Gasteiger partial charge in [0.1, 0.15) is 0 Å². The Morgan fingerprint density at radius 3 is 2.74 bits per heavy atom. The molecule has 1 aromatic rings. The first kappa shape index (κ1) is 12.9. The van der Waals surface area contributed by atoms with Gasteiger partial charge in [-0.3, -0.25) is 4.98 Å². The van der Waals surface area contributed by atoms with Crippen molar-refractivity contribution in [1.29, 1.82) is 0 Å². The number of fused-ring (bicyclic) bond motifs is 1. The number of anilines is 1. The molecule has 3 nitrogen and oxygen atoms in total. The molecule has 0 aromatic carbocycles. The zero-order valence-corrected chi connectivity index (χ0v) is 11.9. The smallest absolute Gasteiger partial charge is 0.0569 e. The van der Waals surface area contributed by atoms with Crippen LogP contribution in [0.1, 0.15) is 57.2 Å². The van der Waals surface area contributed by atoms with Crippen LogP contribution in [0.15, 0.2) is 18.3 Å². The monoisotopic (exact) mass is 259 g/mol. The van der Waals surface area contributed by atoms with Gasteiger partial charge in [-0.1, -0.05) is 12.8 Å². The number of hydrogen-bond acceptors (Lipinski definition) is 3. The molecule has 3 atom stereocenters. The number of nitrogens with zero attached hydrogens (tertiary/aromatic N) is 2. The van der Waals surface area contributed by atoms with E-state index in [1.54, 1.807) is 0 Å². The van der Waals surface area contributed by atoms with Crippen molar-refractivity contribution in [3.05, 3.63) is 24.0 Å². The minimum atomic E-state index is 0.0258. The number of pyridine rings is 1. The van der Waals surface area contributed by atoms with Gasteiger partial charge in [0.05, 0.1) is 17.6 Å². The highest BCUT2D eigenvalue weighted by atomic mass is 15.2. The van der Waals surface area contributed by atoms with Crippen LogP contribution in [-0.4, -0.2) is 17.6 Å². The van der Waals surface area contributed by atoms with Gasteiger partial charge in [0, 0.05) is 18.6 Å². The zero-order chi connectivity index (χ0) is 13.2. The van der Waals surface area contributed by atoms with E-state index in [9.17, 15) is 0 Å². The quantitative estimate of drug-likeness (QED) is 0.886. The summed E-state index contributed by atoms with van der Waals surface area (Å²) in [6.45, 7) is 3.18. The number of nitrogens with two attached hydrogens (primary N) is 1. The summed E-state index contributed by atoms with van der Waals surface area (Å²) >= 11 is 0. The van der Waals surface area contributed by atoms with Gasteiger partial charge in [0.15, 0.2) is 0 Å². The van der Waals surface area contributed by atoms with Crippen molar-refractivity contribution < 1.29 is 0 Å². The molecular weight excluding hydrogens is 234 g/mol. The van der Waals surface area contributed by atoms with Crippen LogP contribution < -0.4 is 10.6 Å². The lowest BCUT2D eigenvalue weighted by molar-refractivity contribution is 0.243. The molecule has 1 aromatic heterocycles. The van der Waals surface area contributed by atoms with Crippen LogP contribution >= 0.6 is 0 Å². The maximum atomic E-state index is 5.87. The van der Waals surface area contributed by atoms with E-state index in [0.29, 0.717) is 0 Å². The second kappa shape index (κ2) is 5.49. The first-order valence-electron chi connectivity index (χ1n) is 7.74. The highest BCUT2D eigenvalue weighted by Gasteiger charge is 2.33. The molecule has 2 fully saturated rings. The fourth-order valence-electron chi connectivity index (χ4n) is 3.78. The van der Waals surface area contributed by atoms with Crippen LogP contribution in [0.4, 0.5) is 5.69 Å². The zero-order valence-electron chi connectivity index (χ0n) is 11.9. The Bertz CT molecular complexity index is 411. The van der Waals surface area contributed by atoms with Crippen LogP contribution in [0.25, 0.3) is 0 Å². The number of aromatic nitrogens is 1. The van der Waals surface area contributed by atoms with Gasteiger partial charge in [-0.25, -0.2) is 0 Å². The summed E-state index contributed by atoms with van der Waals surface area (Å²) in [5, 5.41) is 0. The summed E-state index contributed by atoms with van der Waals surface area (Å²) in [5.74, 6) is 0.913. The minimum Gasteiger partial charge on any atom is -0.367 e. The third-order valence-corrected chi connectivity index (χ3v) is 4.81. The Kier molecular flexibility index (Phi) is 3.74. The van der Waals surface area contributed by atoms with Crippen molar-refractivity contribution in [3.8, 4) is 0 Å². The van der Waals surface area contributed by atoms with Crippen molar-refractivity contribution >= 4 is 5.69 Å². The van der Waals surface area contributed by atoms with Crippen LogP contribution in [0.3, 0.4) is 0 Å². The first-order chi connectivity index (χ1) is 9.25. The molecule has 2 heterocycles. The van der Waals surface area contributed by atoms with Crippen molar-refractivity contribution in [1.82, 2.24) is 4.98 Å². The molecule has 104 valence electrons. The minimum absolute atomic E-state index is 0.0258. The number of rotatable bonds is 2. The van der Waals surface area contributed by atoms with Crippen molar-refractivity contribution in [2.75, 3.05) is 11.4 Å². The highest BCUT2D eigenvalue weighted by molar-refractivity contribution is 5.46. The van der Waals surface area contributed by atoms with Crippen LogP contribution in [-0.2, 0) is 0 Å². The van der Waals surface area contributed by atoms with E-state index in [4.69, 9.17) is 5.73 Å². The van der Waals surface area contributed by atoms with E-state index < -0.39 is 0 Å². The van der Waals surface area contributed by atoms with Crippen molar-refractivity contribution in [2.24, 2.45) is 11.7 Å². The molecule has 0 amide bonds. The standard InChI is InChI=1S/C16H25N3/c1-12(17)15-9-8-14(11-18-15)19-10-4-6-13-5-2-3-7-16(13)19/h8-9,11-13,16H,2-7,10,17H2,1H3/t12-,13-,16-/m1/s1. The average molecular weight is 259 g/mol. The fourth-order valence-corrected chi connectivity index (χ4v) is 3.78. The summed E-state index contributed by atoms with van der Waals surface area (Å²) in [6.07, 6.45) is 10.4. The lowest BCUT2D eigenvalue weighted by Crippen LogP contribution is -2.46. The molecule has 0 radical (unpaired) electrons. The highest BCUT2D eigenvalue weighted by Crippen LogP contribution is 2.37. The largest absolute Gasteiger partial charge is 0.367 e. The van der Waals surface area contributed by atoms with E-state index in [-0.39, 0.29) is 6.04 Å². The van der Waals surface area contributed by atoms with Gasteiger partial charge in [0.2, 0.25) is 0 Å². The Hall–Kier alpha value is -1.09. The van der Waals surface area contributed by atoms with Gasteiger partial charge in [-0.2, -0.15) is 0 Å². The lowest BCUT2D eigenvalue weighted by atomic mass is 9.78. The Balaban J connectivity index is 1.79. The maximum absolute atomic E-state index is 5.87. The Morgan fingerprint density at radius 2 is 2.00 bits per heavy atom. The first-order valence-corrected chi connectivity index (χ1v) is 7.74. The normalized spacial score (nSPS) is 28.8. The molecule has 1 saturated heterocycles. The van der Waals surface area contributed by atoms with Crippen molar-refractivity contribution in [2.45, 2.75) is 57.5 Å². The van der Waals surface area contributed by atoms with E-state index in [0.717, 1.165) is 17.7 Å². The van der Waals surface area contributed by atoms with E-state index >= 15 is 0 Å². The molecular formula is C16H25N3. The predicted octanol–water partition coefficient (Wildman–Crippen LogP) is 3.26. The van der Waals surface area contributed by atoms with Gasteiger partial charge in [-0.15, -0.1) is 0 Å². The number of piperidine rings is 1. The maximum Gasteiger partial charge on any atom is 0.0569 e. The van der Waals surface area contributed by atoms with Gasteiger partial charge < -0.3 is 10.6 Å². The molecule has 19 heavy (non-hydrogen) atoms. The summed E-state index contributed by atoms with van der Waals surface area (Å²) < 4.78 is 0. The SMILES string of the molecule is C[C@@H](N)c1ccc(N2CCC[C@H]3CCCC[C@H]32)cn1. The summed E-state index contributed by atoms with van der Waals surface area (Å²) in [5.41, 5.74) is 8.15. The molecule has 1 saturated carbocycles. The predicted molar refractivity (Wildman–Crippen MR) is 79.2 cm³/mol. The van der Waals surface area contributed by atoms with Crippen LogP contribution in [0.2, 0.25) is 0 Å². The van der Waals surface area contributed by atoms with E-state index in [1.165, 1.54) is 50.8 Å². The molecule has 0 bridgehead atoms. The third kappa shape index (κ3) is 2.62. The molecule has 0 spiro atoms. The molecule has 2 aliphatic rings. The van der Waals surface area contributed by atoms with E-state index in [1.807, 2.05) is 13.1 Å². The second-order valence-corrected chi connectivity index (χ2v) is 6.18. The summed E-state index contributed by atoms with van der Waals surface area (Å²) in [4.78, 5) is 7.13. The summed E-state index contributed by atoms with van der Waals surface area (Å²) in [6, 6.07) is 5.08. The molecule has 1 aliphatic heterocycles. The summed E-state index contributed by atoms with van der Waals surface area (Å²) in [7, 11) is 0. The molecule has 3 heteroatoms. The molecule has 2 N–H and O–H groups in total. The Labute approximate surface area is 116 Å². The van der Waals surface area contributed by atoms with Gasteiger partial charge in [-0.05, 0) is 50.7 Å². The molecule has 3 rings (SSSR count). The molecule has 1 aliphatic carbocycles. The lowest BCUT2D eigenvalue weighted by Gasteiger charge is -2.45. The van der Waals surface area contributed by atoms with Gasteiger partial charge >= 0.3 is 0 Å². The van der Waals surface area contributed by atoms with E-state index in [2.05, 4.69) is 22.0 Å². The average Bonchev–Trinajstić information content (AvgIpc) is 2.47. The van der Waals surface area contributed by atoms with Gasteiger partial charge in [0.25, 0.3) is 0 Å². The molecule has 0 unspecified atom stereocenters. The van der Waals surface area contributed by atoms with Crippen LogP contribution in [0.5, 0.6) is 0 Å². The number of hydrogen-bond donors (Lipinski definition) is 1. The fraction of sp³-hybridized carbons (Fsp3) is 0.688. The van der Waals surface area contributed by atoms with Crippen molar-refractivity contribution in [3.63, 3.8) is 0 Å².